The summed E-state index contributed by atoms with van der Waals surface area (Å²) in [6, 6.07) is 5.36. The van der Waals surface area contributed by atoms with E-state index >= 15 is 0 Å². The van der Waals surface area contributed by atoms with Crippen molar-refractivity contribution in [2.75, 3.05) is 12.0 Å². The summed E-state index contributed by atoms with van der Waals surface area (Å²) in [5, 5.41) is 9.09. The molecule has 0 unspecified atom stereocenters. The van der Waals surface area contributed by atoms with Crippen molar-refractivity contribution in [1.82, 2.24) is 0 Å². The molecule has 15 heavy (non-hydrogen) atoms. The molecule has 0 radical (unpaired) electrons. The van der Waals surface area contributed by atoms with Gasteiger partial charge in [-0.05, 0) is 37.8 Å². The lowest BCUT2D eigenvalue weighted by molar-refractivity contribution is -0.142. The number of rotatable bonds is 3. The fraction of sp³-hybridized carbons (Fsp3) is 0.364. The summed E-state index contributed by atoms with van der Waals surface area (Å²) in [4.78, 5) is 12.0. The molecule has 1 aromatic rings. The van der Waals surface area contributed by atoms with E-state index in [2.05, 4.69) is 0 Å². The van der Waals surface area contributed by atoms with E-state index < -0.39 is 11.4 Å². The van der Waals surface area contributed by atoms with Crippen molar-refractivity contribution in [3.8, 4) is 0 Å². The minimum atomic E-state index is -0.877. The Kier molecular flexibility index (Phi) is 3.29. The van der Waals surface area contributed by atoms with Crippen LogP contribution in [0.5, 0.6) is 0 Å². The number of anilines is 1. The maximum Gasteiger partial charge on any atom is 0.313 e. The molecule has 0 spiro atoms. The fourth-order valence-corrected chi connectivity index (χ4v) is 1.77. The van der Waals surface area contributed by atoms with Gasteiger partial charge in [-0.25, -0.2) is 0 Å². The normalized spacial score (nSPS) is 11.4. The molecule has 3 N–H and O–H groups in total. The van der Waals surface area contributed by atoms with E-state index in [1.54, 1.807) is 26.0 Å². The highest BCUT2D eigenvalue weighted by molar-refractivity contribution is 7.98. The number of hydrogen-bond donors (Lipinski definition) is 2. The standard InChI is InChI=1S/C11H15NO2S/c1-11(2,10(13)14)7-4-5-8(12)9(6-7)15-3/h4-6H,12H2,1-3H3,(H,13,14). The molecule has 0 aliphatic carbocycles. The number of aliphatic carboxylic acids is 1. The number of benzene rings is 1. The van der Waals surface area contributed by atoms with Crippen molar-refractivity contribution < 1.29 is 9.90 Å². The van der Waals surface area contributed by atoms with Gasteiger partial charge in [-0.1, -0.05) is 6.07 Å². The zero-order chi connectivity index (χ0) is 11.6. The van der Waals surface area contributed by atoms with Crippen molar-refractivity contribution in [2.45, 2.75) is 24.2 Å². The minimum absolute atomic E-state index is 0.687. The summed E-state index contributed by atoms with van der Waals surface area (Å²) >= 11 is 1.52. The van der Waals surface area contributed by atoms with Gasteiger partial charge in [0.25, 0.3) is 0 Å². The molecule has 82 valence electrons. The molecule has 0 bridgehead atoms. The fourth-order valence-electron chi connectivity index (χ4n) is 1.22. The highest BCUT2D eigenvalue weighted by Gasteiger charge is 2.29. The first-order chi connectivity index (χ1) is 6.89. The van der Waals surface area contributed by atoms with E-state index in [1.807, 2.05) is 12.3 Å². The second-order valence-electron chi connectivity index (χ2n) is 3.89. The van der Waals surface area contributed by atoms with Crippen LogP contribution in [0.25, 0.3) is 0 Å². The largest absolute Gasteiger partial charge is 0.481 e. The third-order valence-electron chi connectivity index (χ3n) is 2.49. The molecule has 0 saturated heterocycles. The van der Waals surface area contributed by atoms with Crippen LogP contribution in [0, 0.1) is 0 Å². The molecule has 0 saturated carbocycles. The Balaban J connectivity index is 3.22. The smallest absolute Gasteiger partial charge is 0.313 e. The Hall–Kier alpha value is -1.16. The predicted molar refractivity (Wildman–Crippen MR) is 63.3 cm³/mol. The average Bonchev–Trinajstić information content (AvgIpc) is 2.18. The molecule has 1 rings (SSSR count). The van der Waals surface area contributed by atoms with Crippen molar-refractivity contribution in [2.24, 2.45) is 0 Å². The zero-order valence-corrected chi connectivity index (χ0v) is 9.89. The van der Waals surface area contributed by atoms with Crippen LogP contribution in [-0.2, 0) is 10.2 Å². The van der Waals surface area contributed by atoms with Crippen molar-refractivity contribution >= 4 is 23.4 Å². The predicted octanol–water partition coefficient (Wildman–Crippen LogP) is 2.35. The van der Waals surface area contributed by atoms with Crippen molar-refractivity contribution in [3.63, 3.8) is 0 Å². The summed E-state index contributed by atoms with van der Waals surface area (Å²) in [5.74, 6) is -0.834. The second-order valence-corrected chi connectivity index (χ2v) is 4.73. The van der Waals surface area contributed by atoms with Gasteiger partial charge in [0, 0.05) is 10.6 Å². The third-order valence-corrected chi connectivity index (χ3v) is 3.28. The quantitative estimate of drug-likeness (QED) is 0.612. The Morgan fingerprint density at radius 2 is 2.07 bits per heavy atom. The SMILES string of the molecule is CSc1cc(C(C)(C)C(=O)O)ccc1N. The Morgan fingerprint density at radius 1 is 1.47 bits per heavy atom. The average molecular weight is 225 g/mol. The van der Waals surface area contributed by atoms with Gasteiger partial charge in [-0.3, -0.25) is 4.79 Å². The van der Waals surface area contributed by atoms with Gasteiger partial charge >= 0.3 is 5.97 Å². The van der Waals surface area contributed by atoms with Crippen LogP contribution in [0.15, 0.2) is 23.1 Å². The van der Waals surface area contributed by atoms with Gasteiger partial charge in [-0.2, -0.15) is 0 Å². The molecule has 0 amide bonds. The highest BCUT2D eigenvalue weighted by atomic mass is 32.2. The summed E-state index contributed by atoms with van der Waals surface area (Å²) in [5.41, 5.74) is 6.33. The molecule has 0 aliphatic heterocycles. The first-order valence-corrected chi connectivity index (χ1v) is 5.79. The van der Waals surface area contributed by atoms with Crippen LogP contribution in [0.2, 0.25) is 0 Å². The van der Waals surface area contributed by atoms with Crippen LogP contribution in [0.1, 0.15) is 19.4 Å². The second kappa shape index (κ2) is 4.14. The van der Waals surface area contributed by atoms with Gasteiger partial charge in [-0.15, -0.1) is 11.8 Å². The number of hydrogen-bond acceptors (Lipinski definition) is 3. The Labute approximate surface area is 93.7 Å². The molecule has 0 fully saturated rings. The van der Waals surface area contributed by atoms with E-state index in [1.165, 1.54) is 11.8 Å². The third kappa shape index (κ3) is 2.26. The molecular weight excluding hydrogens is 210 g/mol. The first kappa shape index (κ1) is 11.9. The minimum Gasteiger partial charge on any atom is -0.481 e. The van der Waals surface area contributed by atoms with Crippen LogP contribution in [0.3, 0.4) is 0 Å². The Bertz CT molecular complexity index is 388. The first-order valence-electron chi connectivity index (χ1n) is 4.57. The van der Waals surface area contributed by atoms with E-state index in [-0.39, 0.29) is 0 Å². The molecule has 0 aliphatic rings. The lowest BCUT2D eigenvalue weighted by Gasteiger charge is -2.20. The van der Waals surface area contributed by atoms with Crippen LogP contribution in [0.4, 0.5) is 5.69 Å². The number of carboxylic acid groups (broad SMARTS) is 1. The van der Waals surface area contributed by atoms with E-state index in [4.69, 9.17) is 10.8 Å². The molecule has 1 aromatic carbocycles. The summed E-state index contributed by atoms with van der Waals surface area (Å²) < 4.78 is 0. The number of carbonyl (C=O) groups is 1. The highest BCUT2D eigenvalue weighted by Crippen LogP contribution is 2.30. The molecule has 3 nitrogen and oxygen atoms in total. The van der Waals surface area contributed by atoms with Gasteiger partial charge in [0.1, 0.15) is 0 Å². The van der Waals surface area contributed by atoms with E-state index in [0.29, 0.717) is 5.69 Å². The number of carboxylic acids is 1. The van der Waals surface area contributed by atoms with Gasteiger partial charge < -0.3 is 10.8 Å². The van der Waals surface area contributed by atoms with Gasteiger partial charge in [0.05, 0.1) is 5.41 Å². The monoisotopic (exact) mass is 225 g/mol. The van der Waals surface area contributed by atoms with Crippen LogP contribution >= 0.6 is 11.8 Å². The van der Waals surface area contributed by atoms with Crippen LogP contribution in [-0.4, -0.2) is 17.3 Å². The van der Waals surface area contributed by atoms with Gasteiger partial charge in [0.15, 0.2) is 0 Å². The molecular formula is C11H15NO2S. The van der Waals surface area contributed by atoms with E-state index in [9.17, 15) is 4.79 Å². The topological polar surface area (TPSA) is 63.3 Å². The number of thioether (sulfide) groups is 1. The number of nitrogens with two attached hydrogens (primary N) is 1. The maximum atomic E-state index is 11.1. The molecule has 0 heterocycles. The molecule has 4 heteroatoms. The van der Waals surface area contributed by atoms with Crippen molar-refractivity contribution in [3.05, 3.63) is 23.8 Å². The van der Waals surface area contributed by atoms with E-state index in [0.717, 1.165) is 10.5 Å². The van der Waals surface area contributed by atoms with Crippen LogP contribution < -0.4 is 5.73 Å². The molecule has 0 aromatic heterocycles. The lowest BCUT2D eigenvalue weighted by atomic mass is 9.85. The molecule has 0 atom stereocenters. The lowest BCUT2D eigenvalue weighted by Crippen LogP contribution is -2.28. The zero-order valence-electron chi connectivity index (χ0n) is 9.07. The number of nitrogen functional groups attached to an aromatic ring is 1. The Morgan fingerprint density at radius 3 is 2.53 bits per heavy atom. The maximum absolute atomic E-state index is 11.1. The van der Waals surface area contributed by atoms with Gasteiger partial charge in [0.2, 0.25) is 0 Å². The summed E-state index contributed by atoms with van der Waals surface area (Å²) in [6.07, 6.45) is 1.92. The summed E-state index contributed by atoms with van der Waals surface area (Å²) in [7, 11) is 0. The van der Waals surface area contributed by atoms with Crippen molar-refractivity contribution in [1.29, 1.82) is 0 Å². The summed E-state index contributed by atoms with van der Waals surface area (Å²) in [6.45, 7) is 3.37.